The first kappa shape index (κ1) is 13.6. The van der Waals surface area contributed by atoms with E-state index in [-0.39, 0.29) is 5.82 Å². The van der Waals surface area contributed by atoms with Crippen LogP contribution < -0.4 is 11.1 Å². The van der Waals surface area contributed by atoms with Crippen molar-refractivity contribution in [1.82, 2.24) is 0 Å². The molecule has 3 N–H and O–H groups in total. The number of rotatable bonds is 6. The number of hydrogen-bond acceptors (Lipinski definition) is 3. The minimum Gasteiger partial charge on any atom is -0.397 e. The topological polar surface area (TPSA) is 38.0 Å². The van der Waals surface area contributed by atoms with Gasteiger partial charge in [0.15, 0.2) is 0 Å². The van der Waals surface area contributed by atoms with Gasteiger partial charge in [0.25, 0.3) is 0 Å². The number of unbranched alkanes of at least 4 members (excludes halogenated alkanes) is 1. The lowest BCUT2D eigenvalue weighted by Gasteiger charge is -2.10. The second-order valence-electron chi connectivity index (χ2n) is 3.48. The van der Waals surface area contributed by atoms with Gasteiger partial charge in [0.05, 0.1) is 15.8 Å². The van der Waals surface area contributed by atoms with Gasteiger partial charge in [0.1, 0.15) is 5.82 Å². The van der Waals surface area contributed by atoms with Gasteiger partial charge in [0.2, 0.25) is 0 Å². The Morgan fingerprint density at radius 3 is 2.88 bits per heavy atom. The first-order valence-electron chi connectivity index (χ1n) is 5.12. The van der Waals surface area contributed by atoms with Crippen molar-refractivity contribution in [2.45, 2.75) is 12.8 Å². The molecule has 0 saturated heterocycles. The molecule has 0 amide bonds. The smallest absolute Gasteiger partial charge is 0.139 e. The highest BCUT2D eigenvalue weighted by Gasteiger charge is 2.04. The standard InChI is InChI=1S/C11H16BrFN2S/c1-16-5-3-2-4-15-11-7-9(13)8(12)6-10(11)14/h6-7,15H,2-5,14H2,1H3. The van der Waals surface area contributed by atoms with Crippen LogP contribution in [0.4, 0.5) is 15.8 Å². The highest BCUT2D eigenvalue weighted by atomic mass is 79.9. The van der Waals surface area contributed by atoms with Crippen LogP contribution in [0.15, 0.2) is 16.6 Å². The lowest BCUT2D eigenvalue weighted by Crippen LogP contribution is -2.05. The van der Waals surface area contributed by atoms with Crippen molar-refractivity contribution < 1.29 is 4.39 Å². The van der Waals surface area contributed by atoms with Gasteiger partial charge >= 0.3 is 0 Å². The fourth-order valence-electron chi connectivity index (χ4n) is 1.31. The molecule has 0 saturated carbocycles. The van der Waals surface area contributed by atoms with Crippen molar-refractivity contribution in [3.05, 3.63) is 22.4 Å². The maximum Gasteiger partial charge on any atom is 0.139 e. The summed E-state index contributed by atoms with van der Waals surface area (Å²) in [7, 11) is 0. The Hall–Kier alpha value is -0.420. The maximum atomic E-state index is 13.2. The molecular formula is C11H16BrFN2S. The van der Waals surface area contributed by atoms with Gasteiger partial charge in [-0.3, -0.25) is 0 Å². The number of anilines is 2. The highest BCUT2D eigenvalue weighted by Crippen LogP contribution is 2.26. The molecule has 2 nitrogen and oxygen atoms in total. The summed E-state index contributed by atoms with van der Waals surface area (Å²) in [6.07, 6.45) is 4.32. The van der Waals surface area contributed by atoms with Crippen molar-refractivity contribution in [1.29, 1.82) is 0 Å². The maximum absolute atomic E-state index is 13.2. The Kier molecular flexibility index (Phi) is 5.98. The van der Waals surface area contributed by atoms with E-state index in [4.69, 9.17) is 5.73 Å². The van der Waals surface area contributed by atoms with E-state index in [1.165, 1.54) is 6.07 Å². The third kappa shape index (κ3) is 4.22. The van der Waals surface area contributed by atoms with Gasteiger partial charge in [-0.2, -0.15) is 11.8 Å². The average Bonchev–Trinajstić information content (AvgIpc) is 2.25. The van der Waals surface area contributed by atoms with Crippen molar-refractivity contribution in [2.75, 3.05) is 29.6 Å². The van der Waals surface area contributed by atoms with Crippen LogP contribution in [0.2, 0.25) is 0 Å². The first-order chi connectivity index (χ1) is 7.65. The Balaban J connectivity index is 2.45. The fraction of sp³-hybridized carbons (Fsp3) is 0.455. The van der Waals surface area contributed by atoms with E-state index in [2.05, 4.69) is 27.5 Å². The summed E-state index contributed by atoms with van der Waals surface area (Å²) < 4.78 is 13.6. The molecule has 0 unspecified atom stereocenters. The minimum absolute atomic E-state index is 0.291. The van der Waals surface area contributed by atoms with Crippen LogP contribution in [0, 0.1) is 5.82 Å². The molecule has 16 heavy (non-hydrogen) atoms. The molecule has 0 fully saturated rings. The van der Waals surface area contributed by atoms with Gasteiger partial charge < -0.3 is 11.1 Å². The molecule has 0 spiro atoms. The molecule has 0 atom stereocenters. The van der Waals surface area contributed by atoms with Crippen LogP contribution >= 0.6 is 27.7 Å². The predicted molar refractivity (Wildman–Crippen MR) is 74.6 cm³/mol. The Morgan fingerprint density at radius 1 is 1.44 bits per heavy atom. The second-order valence-corrected chi connectivity index (χ2v) is 5.32. The fourth-order valence-corrected chi connectivity index (χ4v) is 2.16. The molecule has 0 heterocycles. The summed E-state index contributed by atoms with van der Waals surface area (Å²) in [5.41, 5.74) is 7.01. The summed E-state index contributed by atoms with van der Waals surface area (Å²) in [5, 5.41) is 3.14. The largest absolute Gasteiger partial charge is 0.397 e. The average molecular weight is 307 g/mol. The summed E-state index contributed by atoms with van der Waals surface area (Å²) in [4.78, 5) is 0. The van der Waals surface area contributed by atoms with Gasteiger partial charge in [-0.05, 0) is 46.8 Å². The zero-order chi connectivity index (χ0) is 12.0. The van der Waals surface area contributed by atoms with Crippen LogP contribution in [0.1, 0.15) is 12.8 Å². The molecule has 90 valence electrons. The van der Waals surface area contributed by atoms with E-state index < -0.39 is 0 Å². The lowest BCUT2D eigenvalue weighted by molar-refractivity contribution is 0.621. The Labute approximate surface area is 108 Å². The van der Waals surface area contributed by atoms with Crippen LogP contribution in [0.3, 0.4) is 0 Å². The normalized spacial score (nSPS) is 10.4. The summed E-state index contributed by atoms with van der Waals surface area (Å²) in [5.74, 6) is 0.868. The molecule has 0 aromatic heterocycles. The van der Waals surface area contributed by atoms with Crippen LogP contribution in [-0.2, 0) is 0 Å². The quantitative estimate of drug-likeness (QED) is 0.621. The molecule has 0 aliphatic rings. The first-order valence-corrected chi connectivity index (χ1v) is 7.31. The number of halogens is 2. The molecule has 1 aromatic rings. The van der Waals surface area contributed by atoms with Crippen LogP contribution in [0.5, 0.6) is 0 Å². The minimum atomic E-state index is -0.291. The number of benzene rings is 1. The van der Waals surface area contributed by atoms with Gasteiger partial charge in [-0.25, -0.2) is 4.39 Å². The van der Waals surface area contributed by atoms with Crippen LogP contribution in [0.25, 0.3) is 0 Å². The van der Waals surface area contributed by atoms with Gasteiger partial charge in [-0.1, -0.05) is 0 Å². The van der Waals surface area contributed by atoms with E-state index in [0.29, 0.717) is 15.8 Å². The van der Waals surface area contributed by atoms with E-state index in [9.17, 15) is 4.39 Å². The van der Waals surface area contributed by atoms with E-state index in [0.717, 1.165) is 25.1 Å². The van der Waals surface area contributed by atoms with Crippen molar-refractivity contribution in [3.63, 3.8) is 0 Å². The number of thioether (sulfide) groups is 1. The van der Waals surface area contributed by atoms with Crippen molar-refractivity contribution in [2.24, 2.45) is 0 Å². The molecule has 5 heteroatoms. The molecule has 0 aliphatic carbocycles. The van der Waals surface area contributed by atoms with Gasteiger partial charge in [-0.15, -0.1) is 0 Å². The molecule has 0 radical (unpaired) electrons. The van der Waals surface area contributed by atoms with Gasteiger partial charge in [0, 0.05) is 12.6 Å². The van der Waals surface area contributed by atoms with Crippen molar-refractivity contribution in [3.8, 4) is 0 Å². The summed E-state index contributed by atoms with van der Waals surface area (Å²) >= 11 is 4.93. The Morgan fingerprint density at radius 2 is 2.19 bits per heavy atom. The van der Waals surface area contributed by atoms with E-state index in [1.54, 1.807) is 6.07 Å². The number of hydrogen-bond donors (Lipinski definition) is 2. The molecule has 0 bridgehead atoms. The van der Waals surface area contributed by atoms with Crippen molar-refractivity contribution >= 4 is 39.1 Å². The molecule has 1 aromatic carbocycles. The number of nitrogen functional groups attached to an aromatic ring is 1. The van der Waals surface area contributed by atoms with Crippen LogP contribution in [-0.4, -0.2) is 18.6 Å². The zero-order valence-electron chi connectivity index (χ0n) is 9.22. The number of nitrogens with two attached hydrogens (primary N) is 1. The van der Waals surface area contributed by atoms with E-state index >= 15 is 0 Å². The third-order valence-corrected chi connectivity index (χ3v) is 3.49. The summed E-state index contributed by atoms with van der Waals surface area (Å²) in [6, 6.07) is 3.01. The Bertz CT molecular complexity index is 347. The predicted octanol–water partition coefficient (Wildman–Crippen LogP) is 3.73. The van der Waals surface area contributed by atoms with E-state index in [1.807, 2.05) is 11.8 Å². The monoisotopic (exact) mass is 306 g/mol. The second kappa shape index (κ2) is 7.01. The highest BCUT2D eigenvalue weighted by molar-refractivity contribution is 9.10. The SMILES string of the molecule is CSCCCCNc1cc(F)c(Br)cc1N. The zero-order valence-corrected chi connectivity index (χ0v) is 11.6. The summed E-state index contributed by atoms with van der Waals surface area (Å²) in [6.45, 7) is 0.825. The molecule has 1 rings (SSSR count). The third-order valence-electron chi connectivity index (χ3n) is 2.18. The molecule has 0 aliphatic heterocycles. The lowest BCUT2D eigenvalue weighted by atomic mass is 10.2. The molecular weight excluding hydrogens is 291 g/mol. The number of nitrogens with one attached hydrogen (secondary N) is 1.